The van der Waals surface area contributed by atoms with Crippen LogP contribution in [0.25, 0.3) is 5.69 Å². The summed E-state index contributed by atoms with van der Waals surface area (Å²) in [5.41, 5.74) is 5.09. The van der Waals surface area contributed by atoms with Gasteiger partial charge in [-0.05, 0) is 62.1 Å². The highest BCUT2D eigenvalue weighted by molar-refractivity contribution is 5.51. The second-order valence-corrected chi connectivity index (χ2v) is 6.04. The second kappa shape index (κ2) is 5.53. The third-order valence-corrected chi connectivity index (χ3v) is 4.55. The van der Waals surface area contributed by atoms with Crippen molar-refractivity contribution in [2.75, 3.05) is 24.5 Å². The molecule has 0 saturated carbocycles. The first-order valence-electron chi connectivity index (χ1n) is 8.04. The molecule has 1 aromatic heterocycles. The minimum Gasteiger partial charge on any atom is -0.372 e. The summed E-state index contributed by atoms with van der Waals surface area (Å²) >= 11 is 0. The van der Waals surface area contributed by atoms with Gasteiger partial charge in [0, 0.05) is 31.5 Å². The number of fused-ring (bicyclic) bond motifs is 1. The molecule has 4 rings (SSSR count). The fraction of sp³-hybridized carbons (Fsp3) is 0.471. The molecule has 0 unspecified atom stereocenters. The smallest absolute Gasteiger partial charge is 0.0798 e. The minimum atomic E-state index is 0.897. The monoisotopic (exact) mass is 282 g/mol. The Hall–Kier alpha value is -1.81. The van der Waals surface area contributed by atoms with E-state index in [2.05, 4.69) is 40.7 Å². The summed E-state index contributed by atoms with van der Waals surface area (Å²) in [4.78, 5) is 2.46. The van der Waals surface area contributed by atoms with E-state index in [1.807, 2.05) is 4.68 Å². The van der Waals surface area contributed by atoms with E-state index in [1.54, 1.807) is 0 Å². The van der Waals surface area contributed by atoms with E-state index >= 15 is 0 Å². The lowest BCUT2D eigenvalue weighted by Gasteiger charge is -2.17. The maximum Gasteiger partial charge on any atom is 0.0798 e. The van der Waals surface area contributed by atoms with E-state index in [9.17, 15) is 0 Å². The number of anilines is 1. The van der Waals surface area contributed by atoms with Crippen molar-refractivity contribution in [3.05, 3.63) is 41.7 Å². The van der Waals surface area contributed by atoms with Crippen LogP contribution in [0.2, 0.25) is 0 Å². The first-order chi connectivity index (χ1) is 10.4. The van der Waals surface area contributed by atoms with E-state index in [-0.39, 0.29) is 0 Å². The molecule has 1 N–H and O–H groups in total. The molecule has 0 bridgehead atoms. The molecule has 2 aliphatic rings. The van der Waals surface area contributed by atoms with E-state index in [4.69, 9.17) is 5.10 Å². The Morgan fingerprint density at radius 1 is 0.952 bits per heavy atom. The Labute approximate surface area is 125 Å². The molecule has 21 heavy (non-hydrogen) atoms. The molecule has 0 amide bonds. The van der Waals surface area contributed by atoms with Gasteiger partial charge in [0.15, 0.2) is 0 Å². The van der Waals surface area contributed by atoms with Crippen molar-refractivity contribution >= 4 is 5.69 Å². The fourth-order valence-corrected chi connectivity index (χ4v) is 3.34. The van der Waals surface area contributed by atoms with Gasteiger partial charge in [0.1, 0.15) is 0 Å². The number of nitrogens with zero attached hydrogens (tertiary/aromatic N) is 3. The quantitative estimate of drug-likeness (QED) is 0.919. The van der Waals surface area contributed by atoms with Gasteiger partial charge in [-0.15, -0.1) is 0 Å². The highest BCUT2D eigenvalue weighted by Crippen LogP contribution is 2.22. The van der Waals surface area contributed by atoms with Crippen LogP contribution in [0.4, 0.5) is 5.69 Å². The van der Waals surface area contributed by atoms with Crippen LogP contribution < -0.4 is 10.2 Å². The number of nitrogens with one attached hydrogen (secondary N) is 1. The standard InChI is InChI=1S/C17H22N4/c1-2-11-20(10-1)15-5-7-16(8-6-15)21-13-14-4-3-9-18-12-17(14)19-21/h5-8,13,18H,1-4,9-12H2. The van der Waals surface area contributed by atoms with Crippen molar-refractivity contribution < 1.29 is 0 Å². The lowest BCUT2D eigenvalue weighted by Crippen LogP contribution is -2.17. The molecule has 1 fully saturated rings. The second-order valence-electron chi connectivity index (χ2n) is 6.04. The van der Waals surface area contributed by atoms with Crippen LogP contribution in [0.3, 0.4) is 0 Å². The molecule has 4 heteroatoms. The zero-order valence-electron chi connectivity index (χ0n) is 12.4. The van der Waals surface area contributed by atoms with Crippen LogP contribution in [0.15, 0.2) is 30.5 Å². The molecule has 1 saturated heterocycles. The van der Waals surface area contributed by atoms with E-state index < -0.39 is 0 Å². The van der Waals surface area contributed by atoms with Crippen molar-refractivity contribution in [2.45, 2.75) is 32.2 Å². The largest absolute Gasteiger partial charge is 0.372 e. The molecule has 0 aliphatic carbocycles. The van der Waals surface area contributed by atoms with Gasteiger partial charge < -0.3 is 10.2 Å². The molecular weight excluding hydrogens is 260 g/mol. The van der Waals surface area contributed by atoms with Crippen molar-refractivity contribution in [3.8, 4) is 5.69 Å². The third kappa shape index (κ3) is 2.56. The number of aryl methyl sites for hydroxylation is 1. The molecular formula is C17H22N4. The van der Waals surface area contributed by atoms with Crippen LogP contribution in [-0.4, -0.2) is 29.4 Å². The van der Waals surface area contributed by atoms with Crippen molar-refractivity contribution in [3.63, 3.8) is 0 Å². The molecule has 1 aromatic carbocycles. The molecule has 110 valence electrons. The number of aromatic nitrogens is 2. The Bertz CT molecular complexity index is 585. The zero-order valence-corrected chi connectivity index (χ0v) is 12.4. The summed E-state index contributed by atoms with van der Waals surface area (Å²) in [5, 5.41) is 8.18. The SMILES string of the molecule is c1cc(-n2cc3c(n2)CNCCC3)ccc1N1CCCC1. The average Bonchev–Trinajstić information content (AvgIpc) is 3.14. The molecule has 2 aromatic rings. The van der Waals surface area contributed by atoms with Crippen molar-refractivity contribution in [1.82, 2.24) is 15.1 Å². The van der Waals surface area contributed by atoms with Crippen LogP contribution in [-0.2, 0) is 13.0 Å². The van der Waals surface area contributed by atoms with Gasteiger partial charge in [-0.3, -0.25) is 0 Å². The summed E-state index contributed by atoms with van der Waals surface area (Å²) in [7, 11) is 0. The molecule has 4 nitrogen and oxygen atoms in total. The third-order valence-electron chi connectivity index (χ3n) is 4.55. The van der Waals surface area contributed by atoms with Crippen LogP contribution in [0.1, 0.15) is 30.5 Å². The summed E-state index contributed by atoms with van der Waals surface area (Å²) in [6, 6.07) is 8.83. The van der Waals surface area contributed by atoms with E-state index in [1.165, 1.54) is 49.3 Å². The number of rotatable bonds is 2. The van der Waals surface area contributed by atoms with E-state index in [0.717, 1.165) is 25.2 Å². The summed E-state index contributed by atoms with van der Waals surface area (Å²) in [6.45, 7) is 4.39. The highest BCUT2D eigenvalue weighted by atomic mass is 15.3. The Morgan fingerprint density at radius 3 is 2.52 bits per heavy atom. The summed E-state index contributed by atoms with van der Waals surface area (Å²) in [5.74, 6) is 0. The van der Waals surface area contributed by atoms with Gasteiger partial charge in [0.2, 0.25) is 0 Å². The average molecular weight is 282 g/mol. The molecule has 2 aliphatic heterocycles. The van der Waals surface area contributed by atoms with Gasteiger partial charge in [0.05, 0.1) is 11.4 Å². The molecule has 0 spiro atoms. The predicted molar refractivity (Wildman–Crippen MR) is 85.0 cm³/mol. The Kier molecular flexibility index (Phi) is 3.39. The van der Waals surface area contributed by atoms with Gasteiger partial charge in [-0.2, -0.15) is 5.10 Å². The highest BCUT2D eigenvalue weighted by Gasteiger charge is 2.14. The van der Waals surface area contributed by atoms with Crippen LogP contribution in [0.5, 0.6) is 0 Å². The van der Waals surface area contributed by atoms with Crippen molar-refractivity contribution in [1.29, 1.82) is 0 Å². The first-order valence-corrected chi connectivity index (χ1v) is 8.04. The van der Waals surface area contributed by atoms with E-state index in [0.29, 0.717) is 0 Å². The van der Waals surface area contributed by atoms with Gasteiger partial charge in [0.25, 0.3) is 0 Å². The van der Waals surface area contributed by atoms with Gasteiger partial charge in [-0.1, -0.05) is 0 Å². The molecule has 0 radical (unpaired) electrons. The fourth-order valence-electron chi connectivity index (χ4n) is 3.34. The Balaban J connectivity index is 1.58. The minimum absolute atomic E-state index is 0.897. The van der Waals surface area contributed by atoms with Gasteiger partial charge >= 0.3 is 0 Å². The van der Waals surface area contributed by atoms with Crippen molar-refractivity contribution in [2.24, 2.45) is 0 Å². The number of benzene rings is 1. The van der Waals surface area contributed by atoms with Gasteiger partial charge in [-0.25, -0.2) is 4.68 Å². The Morgan fingerprint density at radius 2 is 1.71 bits per heavy atom. The predicted octanol–water partition coefficient (Wildman–Crippen LogP) is 2.51. The van der Waals surface area contributed by atoms with Crippen LogP contribution >= 0.6 is 0 Å². The zero-order chi connectivity index (χ0) is 14.1. The number of hydrogen-bond donors (Lipinski definition) is 1. The topological polar surface area (TPSA) is 33.1 Å². The molecule has 3 heterocycles. The number of hydrogen-bond acceptors (Lipinski definition) is 3. The lowest BCUT2D eigenvalue weighted by atomic mass is 10.1. The lowest BCUT2D eigenvalue weighted by molar-refractivity contribution is 0.661. The van der Waals surface area contributed by atoms with Crippen LogP contribution in [0, 0.1) is 0 Å². The summed E-state index contributed by atoms with van der Waals surface area (Å²) in [6.07, 6.45) is 7.18. The normalized spacial score (nSPS) is 18.6. The maximum atomic E-state index is 4.75. The first kappa shape index (κ1) is 12.9. The maximum absolute atomic E-state index is 4.75. The summed E-state index contributed by atoms with van der Waals surface area (Å²) < 4.78 is 2.03. The molecule has 0 atom stereocenters.